The summed E-state index contributed by atoms with van der Waals surface area (Å²) in [6, 6.07) is 0. The van der Waals surface area contributed by atoms with Crippen molar-refractivity contribution >= 4 is 30.5 Å². The Morgan fingerprint density at radius 1 is 0.769 bits per heavy atom. The van der Waals surface area contributed by atoms with Crippen molar-refractivity contribution in [3.8, 4) is 0 Å². The molecule has 0 aliphatic heterocycles. The van der Waals surface area contributed by atoms with E-state index >= 15 is 0 Å². The summed E-state index contributed by atoms with van der Waals surface area (Å²) in [5.41, 5.74) is 0. The van der Waals surface area contributed by atoms with Crippen LogP contribution in [0.3, 0.4) is 0 Å². The van der Waals surface area contributed by atoms with Gasteiger partial charge in [-0.2, -0.15) is 0 Å². The van der Waals surface area contributed by atoms with Crippen molar-refractivity contribution in [1.29, 1.82) is 0 Å². The maximum Gasteiger partial charge on any atom is -0.00332 e. The first-order chi connectivity index (χ1) is 6.26. The third kappa shape index (κ3) is 15.9. The van der Waals surface area contributed by atoms with Gasteiger partial charge in [0.25, 0.3) is 0 Å². The Hall–Kier alpha value is 1.16. The molecular weight excluding hydrogens is 290 g/mol. The van der Waals surface area contributed by atoms with Crippen LogP contribution in [0.25, 0.3) is 0 Å². The van der Waals surface area contributed by atoms with Crippen molar-refractivity contribution in [1.82, 2.24) is 0 Å². The van der Waals surface area contributed by atoms with E-state index in [0.29, 0.717) is 7.92 Å². The maximum atomic E-state index is 2.31. The second-order valence-electron chi connectivity index (χ2n) is 3.11. The van der Waals surface area contributed by atoms with Gasteiger partial charge in [-0.3, -0.25) is 0 Å². The first-order valence-electron chi connectivity index (χ1n) is 5.54. The lowest BCUT2D eigenvalue weighted by atomic mass is 10.6. The van der Waals surface area contributed by atoms with E-state index in [1.54, 1.807) is 0 Å². The van der Waals surface area contributed by atoms with Crippen LogP contribution in [0.1, 0.15) is 47.0 Å². The Bertz CT molecular complexity index is 62.2. The highest BCUT2D eigenvalue weighted by Gasteiger charge is 2.02. The molecule has 0 aliphatic rings. The highest BCUT2D eigenvalue weighted by atomic mass is 127. The van der Waals surface area contributed by atoms with Gasteiger partial charge in [-0.1, -0.05) is 69.5 Å². The summed E-state index contributed by atoms with van der Waals surface area (Å²) in [4.78, 5) is 0. The van der Waals surface area contributed by atoms with Crippen molar-refractivity contribution in [2.24, 2.45) is 0 Å². The Morgan fingerprint density at radius 2 is 1.00 bits per heavy atom. The topological polar surface area (TPSA) is 0 Å². The molecule has 0 aliphatic carbocycles. The molecule has 0 spiro atoms. The van der Waals surface area contributed by atoms with Crippen LogP contribution >= 0.6 is 30.5 Å². The summed E-state index contributed by atoms with van der Waals surface area (Å²) in [5, 5.41) is 0. The summed E-state index contributed by atoms with van der Waals surface area (Å²) in [6.07, 6.45) is 8.72. The lowest BCUT2D eigenvalue weighted by molar-refractivity contribution is 1.02. The minimum atomic E-state index is 0.439. The van der Waals surface area contributed by atoms with Crippen molar-refractivity contribution < 1.29 is 0 Å². The Kier molecular flexibility index (Phi) is 19.9. The molecular formula is C11H26IP. The Morgan fingerprint density at radius 3 is 1.15 bits per heavy atom. The molecule has 0 atom stereocenters. The van der Waals surface area contributed by atoms with Crippen molar-refractivity contribution in [2.75, 3.05) is 22.9 Å². The molecule has 0 bridgehead atoms. The molecule has 82 valence electrons. The van der Waals surface area contributed by atoms with Gasteiger partial charge in [-0.25, -0.2) is 0 Å². The average molecular weight is 316 g/mol. The molecule has 0 radical (unpaired) electrons. The standard InChI is InChI=1S/C9H21P.C2H5I/c1-4-7-10(8-5-2)9-6-3;1-2-3/h4-9H2,1-3H3;2H2,1H3. The molecule has 0 rings (SSSR count). The number of hydrogen-bond acceptors (Lipinski definition) is 0. The third-order valence-corrected chi connectivity index (χ3v) is 4.86. The summed E-state index contributed by atoms with van der Waals surface area (Å²) >= 11 is 2.29. The predicted octanol–water partition coefficient (Wildman–Crippen LogP) is 5.14. The Balaban J connectivity index is 0. The quantitative estimate of drug-likeness (QED) is 0.362. The zero-order valence-electron chi connectivity index (χ0n) is 9.77. The summed E-state index contributed by atoms with van der Waals surface area (Å²) in [7, 11) is 0.439. The predicted molar refractivity (Wildman–Crippen MR) is 77.0 cm³/mol. The zero-order valence-corrected chi connectivity index (χ0v) is 12.8. The van der Waals surface area contributed by atoms with E-state index in [4.69, 9.17) is 0 Å². The summed E-state index contributed by atoms with van der Waals surface area (Å²) in [5.74, 6) is 0. The fourth-order valence-electron chi connectivity index (χ4n) is 1.28. The molecule has 0 saturated carbocycles. The van der Waals surface area contributed by atoms with Crippen LogP contribution in [0.5, 0.6) is 0 Å². The van der Waals surface area contributed by atoms with Crippen molar-refractivity contribution in [3.63, 3.8) is 0 Å². The minimum Gasteiger partial charge on any atom is -0.107 e. The van der Waals surface area contributed by atoms with Gasteiger partial charge in [0.05, 0.1) is 0 Å². The second kappa shape index (κ2) is 15.6. The van der Waals surface area contributed by atoms with Gasteiger partial charge in [-0.15, -0.1) is 7.92 Å². The molecule has 0 saturated heterocycles. The molecule has 0 heterocycles. The number of rotatable bonds is 6. The molecule has 0 aromatic carbocycles. The van der Waals surface area contributed by atoms with Crippen LogP contribution in [-0.4, -0.2) is 22.9 Å². The van der Waals surface area contributed by atoms with Crippen LogP contribution in [0.2, 0.25) is 0 Å². The highest BCUT2D eigenvalue weighted by Crippen LogP contribution is 2.37. The first kappa shape index (κ1) is 16.6. The maximum absolute atomic E-state index is 2.31. The highest BCUT2D eigenvalue weighted by molar-refractivity contribution is 14.1. The van der Waals surface area contributed by atoms with Gasteiger partial charge in [0.15, 0.2) is 0 Å². The molecule has 0 fully saturated rings. The van der Waals surface area contributed by atoms with E-state index in [-0.39, 0.29) is 0 Å². The number of hydrogen-bond donors (Lipinski definition) is 0. The van der Waals surface area contributed by atoms with Crippen LogP contribution in [-0.2, 0) is 0 Å². The first-order valence-corrected chi connectivity index (χ1v) is 8.97. The smallest absolute Gasteiger partial charge is 0.00332 e. The van der Waals surface area contributed by atoms with Gasteiger partial charge in [0.2, 0.25) is 0 Å². The van der Waals surface area contributed by atoms with Gasteiger partial charge in [0.1, 0.15) is 0 Å². The molecule has 13 heavy (non-hydrogen) atoms. The van der Waals surface area contributed by atoms with Gasteiger partial charge >= 0.3 is 0 Å². The normalized spacial score (nSPS) is 9.69. The monoisotopic (exact) mass is 316 g/mol. The van der Waals surface area contributed by atoms with E-state index in [0.717, 1.165) is 0 Å². The molecule has 2 heteroatoms. The summed E-state index contributed by atoms with van der Waals surface area (Å²) in [6.45, 7) is 9.03. The number of halogens is 1. The minimum absolute atomic E-state index is 0.439. The third-order valence-electron chi connectivity index (χ3n) is 1.62. The van der Waals surface area contributed by atoms with Crippen LogP contribution in [0, 0.1) is 0 Å². The largest absolute Gasteiger partial charge is 0.107 e. The molecule has 0 amide bonds. The summed E-state index contributed by atoms with van der Waals surface area (Å²) < 4.78 is 1.22. The van der Waals surface area contributed by atoms with E-state index < -0.39 is 0 Å². The SMILES string of the molecule is CCCP(CCC)CCC.CCI. The van der Waals surface area contributed by atoms with Crippen molar-refractivity contribution in [3.05, 3.63) is 0 Å². The van der Waals surface area contributed by atoms with E-state index in [2.05, 4.69) is 50.3 Å². The van der Waals surface area contributed by atoms with Crippen LogP contribution < -0.4 is 0 Å². The Labute approximate surface area is 100 Å². The van der Waals surface area contributed by atoms with Gasteiger partial charge in [-0.05, 0) is 22.9 Å². The van der Waals surface area contributed by atoms with Gasteiger partial charge < -0.3 is 0 Å². The average Bonchev–Trinajstić information content (AvgIpc) is 2.07. The fourth-order valence-corrected chi connectivity index (χ4v) is 3.85. The van der Waals surface area contributed by atoms with Crippen LogP contribution in [0.4, 0.5) is 0 Å². The van der Waals surface area contributed by atoms with Crippen molar-refractivity contribution in [2.45, 2.75) is 47.0 Å². The van der Waals surface area contributed by atoms with Gasteiger partial charge in [0, 0.05) is 0 Å². The molecule has 0 N–H and O–H groups in total. The number of alkyl halides is 1. The lowest BCUT2D eigenvalue weighted by Crippen LogP contribution is -1.92. The molecule has 0 nitrogen and oxygen atoms in total. The van der Waals surface area contributed by atoms with Crippen LogP contribution in [0.15, 0.2) is 0 Å². The second-order valence-corrected chi connectivity index (χ2v) is 7.32. The lowest BCUT2D eigenvalue weighted by Gasteiger charge is -2.13. The zero-order chi connectivity index (χ0) is 10.5. The molecule has 0 aromatic rings. The van der Waals surface area contributed by atoms with E-state index in [1.807, 2.05) is 0 Å². The fraction of sp³-hybridized carbons (Fsp3) is 1.00. The van der Waals surface area contributed by atoms with E-state index in [9.17, 15) is 0 Å². The van der Waals surface area contributed by atoms with E-state index in [1.165, 1.54) is 42.2 Å². The molecule has 0 aromatic heterocycles. The molecule has 0 unspecified atom stereocenters.